The first-order valence-corrected chi connectivity index (χ1v) is 10.2. The number of hydrogen-bond donors (Lipinski definition) is 1. The largest absolute Gasteiger partial charge is 0.493 e. The maximum atomic E-state index is 13.0. The van der Waals surface area contributed by atoms with Crippen LogP contribution in [-0.2, 0) is 9.53 Å². The second-order valence-corrected chi connectivity index (χ2v) is 7.18. The van der Waals surface area contributed by atoms with Crippen LogP contribution in [0.25, 0.3) is 0 Å². The minimum Gasteiger partial charge on any atom is -0.493 e. The molecule has 1 atom stereocenters. The quantitative estimate of drug-likeness (QED) is 0.287. The summed E-state index contributed by atoms with van der Waals surface area (Å²) < 4.78 is 15.8. The summed E-state index contributed by atoms with van der Waals surface area (Å²) in [5.41, 5.74) is 1.41. The highest BCUT2D eigenvalue weighted by atomic mass is 32.1. The van der Waals surface area contributed by atoms with Crippen LogP contribution in [0.1, 0.15) is 25.5 Å². The van der Waals surface area contributed by atoms with Crippen molar-refractivity contribution in [3.63, 3.8) is 0 Å². The molecule has 168 valence electrons. The van der Waals surface area contributed by atoms with E-state index < -0.39 is 16.9 Å². The van der Waals surface area contributed by atoms with Gasteiger partial charge < -0.3 is 19.5 Å². The number of nitrogens with one attached hydrogen (secondary N) is 1. The summed E-state index contributed by atoms with van der Waals surface area (Å²) in [6.07, 6.45) is 0. The molecule has 1 unspecified atom stereocenters. The molecule has 32 heavy (non-hydrogen) atoms. The summed E-state index contributed by atoms with van der Waals surface area (Å²) >= 11 is 5.59. The van der Waals surface area contributed by atoms with Gasteiger partial charge in [-0.25, -0.2) is 4.79 Å². The fraction of sp³-hybridized carbons (Fsp3) is 0.273. The highest BCUT2D eigenvalue weighted by molar-refractivity contribution is 7.80. The van der Waals surface area contributed by atoms with E-state index in [1.807, 2.05) is 30.3 Å². The Morgan fingerprint density at radius 1 is 1.19 bits per heavy atom. The van der Waals surface area contributed by atoms with Crippen LogP contribution in [0.3, 0.4) is 0 Å². The lowest BCUT2D eigenvalue weighted by molar-refractivity contribution is -0.385. The predicted molar refractivity (Wildman–Crippen MR) is 123 cm³/mol. The lowest BCUT2D eigenvalue weighted by atomic mass is 9.93. The van der Waals surface area contributed by atoms with Crippen LogP contribution in [-0.4, -0.2) is 36.8 Å². The van der Waals surface area contributed by atoms with E-state index in [4.69, 9.17) is 26.4 Å². The highest BCUT2D eigenvalue weighted by Crippen LogP contribution is 2.42. The van der Waals surface area contributed by atoms with Gasteiger partial charge in [0, 0.05) is 11.4 Å². The summed E-state index contributed by atoms with van der Waals surface area (Å²) in [5, 5.41) is 15.3. The molecule has 9 nitrogen and oxygen atoms in total. The Bertz CT molecular complexity index is 1090. The van der Waals surface area contributed by atoms with Gasteiger partial charge in [-0.15, -0.1) is 0 Å². The molecule has 0 saturated heterocycles. The Morgan fingerprint density at radius 3 is 2.38 bits per heavy atom. The number of rotatable bonds is 7. The van der Waals surface area contributed by atoms with Gasteiger partial charge in [0.1, 0.15) is 0 Å². The van der Waals surface area contributed by atoms with E-state index in [9.17, 15) is 14.9 Å². The fourth-order valence-corrected chi connectivity index (χ4v) is 3.97. The van der Waals surface area contributed by atoms with Crippen molar-refractivity contribution in [1.29, 1.82) is 0 Å². The molecule has 2 aromatic carbocycles. The normalized spacial score (nSPS) is 15.8. The zero-order valence-corrected chi connectivity index (χ0v) is 18.9. The number of ether oxygens (including phenoxy) is 3. The van der Waals surface area contributed by atoms with Crippen molar-refractivity contribution in [3.8, 4) is 11.5 Å². The number of nitro groups is 1. The molecule has 1 aliphatic rings. The molecule has 0 aliphatic carbocycles. The lowest BCUT2D eigenvalue weighted by Crippen LogP contribution is -2.48. The molecule has 0 aromatic heterocycles. The minimum atomic E-state index is -0.929. The fourth-order valence-electron chi connectivity index (χ4n) is 3.61. The number of benzene rings is 2. The molecule has 0 amide bonds. The molecule has 0 saturated carbocycles. The lowest BCUT2D eigenvalue weighted by Gasteiger charge is -2.37. The maximum Gasteiger partial charge on any atom is 0.338 e. The van der Waals surface area contributed by atoms with Crippen LogP contribution in [0, 0.1) is 10.1 Å². The number of hydrogen-bond acceptors (Lipinski definition) is 7. The molecule has 1 heterocycles. The number of thiocarbonyl (C=S) groups is 1. The zero-order chi connectivity index (χ0) is 23.4. The minimum absolute atomic E-state index is 0.145. The van der Waals surface area contributed by atoms with Crippen molar-refractivity contribution < 1.29 is 23.9 Å². The molecule has 0 fully saturated rings. The Labute approximate surface area is 190 Å². The maximum absolute atomic E-state index is 13.0. The topological polar surface area (TPSA) is 103 Å². The van der Waals surface area contributed by atoms with Crippen molar-refractivity contribution in [2.45, 2.75) is 19.9 Å². The van der Waals surface area contributed by atoms with Crippen molar-refractivity contribution in [2.24, 2.45) is 0 Å². The zero-order valence-electron chi connectivity index (χ0n) is 18.1. The van der Waals surface area contributed by atoms with Crippen LogP contribution in [0.15, 0.2) is 53.7 Å². The van der Waals surface area contributed by atoms with E-state index in [0.717, 1.165) is 5.69 Å². The number of methoxy groups -OCH3 is 2. The Morgan fingerprint density at radius 2 is 1.81 bits per heavy atom. The highest BCUT2D eigenvalue weighted by Gasteiger charge is 2.39. The van der Waals surface area contributed by atoms with E-state index in [0.29, 0.717) is 5.70 Å². The monoisotopic (exact) mass is 457 g/mol. The first kappa shape index (κ1) is 23.0. The average molecular weight is 458 g/mol. The summed E-state index contributed by atoms with van der Waals surface area (Å²) in [6, 6.07) is 11.1. The summed E-state index contributed by atoms with van der Waals surface area (Å²) in [5.74, 6) is -0.118. The van der Waals surface area contributed by atoms with Gasteiger partial charge in [0.2, 0.25) is 0 Å². The average Bonchev–Trinajstić information content (AvgIpc) is 2.78. The number of nitro benzene ring substituents is 1. The molecule has 0 radical (unpaired) electrons. The van der Waals surface area contributed by atoms with Gasteiger partial charge in [0.25, 0.3) is 5.69 Å². The van der Waals surface area contributed by atoms with Gasteiger partial charge in [-0.05, 0) is 44.3 Å². The number of para-hydroxylation sites is 1. The Hall–Kier alpha value is -3.66. The summed E-state index contributed by atoms with van der Waals surface area (Å²) in [7, 11) is 2.82. The Kier molecular flexibility index (Phi) is 6.94. The van der Waals surface area contributed by atoms with Gasteiger partial charge in [0.05, 0.1) is 49.0 Å². The van der Waals surface area contributed by atoms with E-state index >= 15 is 0 Å². The first-order chi connectivity index (χ1) is 15.3. The number of nitrogens with zero attached hydrogens (tertiary/aromatic N) is 2. The number of carbonyl (C=O) groups is 1. The molecule has 3 rings (SSSR count). The van der Waals surface area contributed by atoms with Crippen LogP contribution in [0.5, 0.6) is 11.5 Å². The number of carbonyl (C=O) groups excluding carboxylic acids is 1. The van der Waals surface area contributed by atoms with Crippen molar-refractivity contribution >= 4 is 34.7 Å². The third-order valence-corrected chi connectivity index (χ3v) is 5.34. The second-order valence-electron chi connectivity index (χ2n) is 6.80. The van der Waals surface area contributed by atoms with Crippen molar-refractivity contribution in [2.75, 3.05) is 25.7 Å². The Balaban J connectivity index is 2.26. The van der Waals surface area contributed by atoms with E-state index in [-0.39, 0.29) is 40.0 Å². The van der Waals surface area contributed by atoms with Crippen LogP contribution in [0.2, 0.25) is 0 Å². The van der Waals surface area contributed by atoms with E-state index in [2.05, 4.69) is 5.32 Å². The molecule has 10 heteroatoms. The van der Waals surface area contributed by atoms with Crippen LogP contribution >= 0.6 is 12.2 Å². The van der Waals surface area contributed by atoms with Gasteiger partial charge in [-0.2, -0.15) is 0 Å². The third kappa shape index (κ3) is 4.22. The van der Waals surface area contributed by atoms with Gasteiger partial charge in [-0.1, -0.05) is 18.2 Å². The predicted octanol–water partition coefficient (Wildman–Crippen LogP) is 3.88. The molecule has 0 bridgehead atoms. The summed E-state index contributed by atoms with van der Waals surface area (Å²) in [6.45, 7) is 3.57. The number of allylic oxidation sites excluding steroid dienone is 1. The SMILES string of the molecule is CCOC(=O)C1=C(C)N(c2ccccc2)C(=S)NC1c1cc(OC)c(OC)cc1[N+](=O)[O-]. The van der Waals surface area contributed by atoms with E-state index in [1.54, 1.807) is 18.7 Å². The molecule has 0 spiro atoms. The number of esters is 1. The number of anilines is 1. The smallest absolute Gasteiger partial charge is 0.338 e. The van der Waals surface area contributed by atoms with Gasteiger partial charge in [0.15, 0.2) is 16.6 Å². The second kappa shape index (κ2) is 9.65. The summed E-state index contributed by atoms with van der Waals surface area (Å²) in [4.78, 5) is 26.1. The standard InChI is InChI=1S/C22H23N3O6S/c1-5-31-21(26)19-13(2)24(14-9-7-6-8-10-14)22(32)23-20(19)15-11-17(29-3)18(30-4)12-16(15)25(27)28/h6-12,20H,5H2,1-4H3,(H,23,32). The van der Waals surface area contributed by atoms with Crippen LogP contribution < -0.4 is 19.7 Å². The van der Waals surface area contributed by atoms with Crippen molar-refractivity contribution in [3.05, 3.63) is 69.4 Å². The molecular weight excluding hydrogens is 434 g/mol. The molecule has 2 aromatic rings. The van der Waals surface area contributed by atoms with Gasteiger partial charge in [-0.3, -0.25) is 15.0 Å². The van der Waals surface area contributed by atoms with E-state index in [1.165, 1.54) is 26.4 Å². The third-order valence-electron chi connectivity index (χ3n) is 5.04. The van der Waals surface area contributed by atoms with Crippen LogP contribution in [0.4, 0.5) is 11.4 Å². The van der Waals surface area contributed by atoms with Gasteiger partial charge >= 0.3 is 5.97 Å². The molecule has 1 aliphatic heterocycles. The van der Waals surface area contributed by atoms with Crippen molar-refractivity contribution in [1.82, 2.24) is 5.32 Å². The first-order valence-electron chi connectivity index (χ1n) is 9.77. The molecule has 1 N–H and O–H groups in total. The molecular formula is C22H23N3O6S.